The van der Waals surface area contributed by atoms with Crippen molar-refractivity contribution in [1.82, 2.24) is 9.55 Å². The van der Waals surface area contributed by atoms with Crippen LogP contribution < -0.4 is 0 Å². The average Bonchev–Trinajstić information content (AvgIpc) is 2.80. The topological polar surface area (TPSA) is 17.8 Å². The highest BCUT2D eigenvalue weighted by Gasteiger charge is 2.12. The first-order chi connectivity index (χ1) is 9.20. The van der Waals surface area contributed by atoms with E-state index in [0.29, 0.717) is 5.88 Å². The van der Waals surface area contributed by atoms with Crippen molar-refractivity contribution in [3.05, 3.63) is 57.4 Å². The van der Waals surface area contributed by atoms with E-state index in [-0.39, 0.29) is 0 Å². The smallest absolute Gasteiger partial charge is 0.129 e. The van der Waals surface area contributed by atoms with E-state index in [1.54, 1.807) is 0 Å². The molecule has 4 heteroatoms. The molecule has 0 aliphatic rings. The molecule has 0 N–H and O–H groups in total. The first-order valence-electron chi connectivity index (χ1n) is 5.99. The van der Waals surface area contributed by atoms with Crippen molar-refractivity contribution in [3.8, 4) is 5.69 Å². The molecular formula is C15H12ClIN2. The molecular weight excluding hydrogens is 371 g/mol. The second-order valence-electron chi connectivity index (χ2n) is 4.42. The second-order valence-corrected chi connectivity index (χ2v) is 5.93. The molecule has 19 heavy (non-hydrogen) atoms. The largest absolute Gasteiger partial charge is 0.295 e. The fourth-order valence-corrected chi connectivity index (χ4v) is 2.79. The summed E-state index contributed by atoms with van der Waals surface area (Å²) in [6.07, 6.45) is 0. The van der Waals surface area contributed by atoms with Crippen molar-refractivity contribution < 1.29 is 0 Å². The van der Waals surface area contributed by atoms with Crippen molar-refractivity contribution in [2.75, 3.05) is 0 Å². The van der Waals surface area contributed by atoms with Gasteiger partial charge in [-0.15, -0.1) is 11.6 Å². The lowest BCUT2D eigenvalue weighted by Gasteiger charge is -2.08. The van der Waals surface area contributed by atoms with Gasteiger partial charge in [-0.05, 0) is 65.4 Å². The Balaban J connectivity index is 2.32. The molecule has 0 amide bonds. The van der Waals surface area contributed by atoms with Gasteiger partial charge in [-0.25, -0.2) is 4.98 Å². The molecule has 2 aromatic carbocycles. The first-order valence-corrected chi connectivity index (χ1v) is 7.61. The highest BCUT2D eigenvalue weighted by Crippen LogP contribution is 2.25. The van der Waals surface area contributed by atoms with Crippen molar-refractivity contribution in [3.63, 3.8) is 0 Å². The molecule has 3 aromatic rings. The van der Waals surface area contributed by atoms with E-state index in [1.165, 1.54) is 9.13 Å². The number of hydrogen-bond donors (Lipinski definition) is 0. The van der Waals surface area contributed by atoms with Crippen LogP contribution in [-0.2, 0) is 5.88 Å². The predicted octanol–water partition coefficient (Wildman–Crippen LogP) is 4.68. The maximum atomic E-state index is 6.05. The number of rotatable bonds is 2. The zero-order valence-electron chi connectivity index (χ0n) is 10.4. The lowest BCUT2D eigenvalue weighted by atomic mass is 10.2. The van der Waals surface area contributed by atoms with Crippen LogP contribution in [0.1, 0.15) is 11.4 Å². The molecule has 0 radical (unpaired) electrons. The number of benzene rings is 2. The van der Waals surface area contributed by atoms with Crippen LogP contribution in [0.25, 0.3) is 16.7 Å². The summed E-state index contributed by atoms with van der Waals surface area (Å²) in [6, 6.07) is 14.6. The zero-order valence-corrected chi connectivity index (χ0v) is 13.3. The summed E-state index contributed by atoms with van der Waals surface area (Å²) >= 11 is 8.36. The summed E-state index contributed by atoms with van der Waals surface area (Å²) < 4.78 is 3.35. The molecule has 1 aromatic heterocycles. The molecule has 0 saturated heterocycles. The van der Waals surface area contributed by atoms with Crippen LogP contribution in [0.5, 0.6) is 0 Å². The lowest BCUT2D eigenvalue weighted by Crippen LogP contribution is -1.99. The summed E-state index contributed by atoms with van der Waals surface area (Å²) in [5, 5.41) is 0. The average molecular weight is 383 g/mol. The fraction of sp³-hybridized carbons (Fsp3) is 0.133. The van der Waals surface area contributed by atoms with Crippen LogP contribution in [0.2, 0.25) is 0 Å². The van der Waals surface area contributed by atoms with E-state index in [4.69, 9.17) is 11.6 Å². The van der Waals surface area contributed by atoms with E-state index < -0.39 is 0 Å². The van der Waals surface area contributed by atoms with Gasteiger partial charge in [0.15, 0.2) is 0 Å². The Kier molecular flexibility index (Phi) is 3.50. The van der Waals surface area contributed by atoms with Gasteiger partial charge in [0.25, 0.3) is 0 Å². The molecule has 2 nitrogen and oxygen atoms in total. The van der Waals surface area contributed by atoms with Gasteiger partial charge in [-0.1, -0.05) is 12.1 Å². The van der Waals surface area contributed by atoms with Crippen LogP contribution >= 0.6 is 34.2 Å². The van der Waals surface area contributed by atoms with Crippen LogP contribution in [0.4, 0.5) is 0 Å². The molecule has 0 aliphatic carbocycles. The molecule has 0 bridgehead atoms. The number of hydrogen-bond acceptors (Lipinski definition) is 1. The zero-order chi connectivity index (χ0) is 13.4. The monoisotopic (exact) mass is 382 g/mol. The molecule has 0 unspecified atom stereocenters. The Morgan fingerprint density at radius 1 is 1.16 bits per heavy atom. The van der Waals surface area contributed by atoms with Gasteiger partial charge in [0.05, 0.1) is 16.9 Å². The molecule has 3 rings (SSSR count). The summed E-state index contributed by atoms with van der Waals surface area (Å²) in [4.78, 5) is 4.66. The van der Waals surface area contributed by atoms with Gasteiger partial charge in [-0.3, -0.25) is 4.57 Å². The minimum atomic E-state index is 0.403. The van der Waals surface area contributed by atoms with Crippen molar-refractivity contribution in [2.24, 2.45) is 0 Å². The van der Waals surface area contributed by atoms with E-state index in [1.807, 2.05) is 0 Å². The number of halogens is 2. The molecule has 0 atom stereocenters. The number of imidazole rings is 1. The third-order valence-electron chi connectivity index (χ3n) is 3.16. The van der Waals surface area contributed by atoms with E-state index in [9.17, 15) is 0 Å². The maximum absolute atomic E-state index is 6.05. The van der Waals surface area contributed by atoms with Crippen LogP contribution in [0, 0.1) is 10.5 Å². The molecule has 0 aliphatic heterocycles. The Bertz CT molecular complexity index is 732. The predicted molar refractivity (Wildman–Crippen MR) is 88.1 cm³/mol. The van der Waals surface area contributed by atoms with E-state index in [0.717, 1.165) is 22.5 Å². The van der Waals surface area contributed by atoms with E-state index >= 15 is 0 Å². The number of aromatic nitrogens is 2. The highest BCUT2D eigenvalue weighted by molar-refractivity contribution is 14.1. The fourth-order valence-electron chi connectivity index (χ4n) is 2.26. The van der Waals surface area contributed by atoms with Gasteiger partial charge in [0.1, 0.15) is 5.82 Å². The first kappa shape index (κ1) is 12.9. The standard InChI is InChI=1S/C15H12ClIN2/c1-10-3-2-4-13-15(10)18-14(9-16)19(13)12-7-5-11(17)6-8-12/h2-8H,9H2,1H3. The Morgan fingerprint density at radius 3 is 2.58 bits per heavy atom. The van der Waals surface area contributed by atoms with Crippen LogP contribution in [0.3, 0.4) is 0 Å². The van der Waals surface area contributed by atoms with Gasteiger partial charge < -0.3 is 0 Å². The quantitative estimate of drug-likeness (QED) is 0.465. The van der Waals surface area contributed by atoms with E-state index in [2.05, 4.69) is 81.5 Å². The van der Waals surface area contributed by atoms with Gasteiger partial charge >= 0.3 is 0 Å². The van der Waals surface area contributed by atoms with Gasteiger partial charge in [0.2, 0.25) is 0 Å². The highest BCUT2D eigenvalue weighted by atomic mass is 127. The number of fused-ring (bicyclic) bond motifs is 1. The number of nitrogens with zero attached hydrogens (tertiary/aromatic N) is 2. The summed E-state index contributed by atoms with van der Waals surface area (Å²) in [6.45, 7) is 2.08. The Labute approximate surface area is 130 Å². The van der Waals surface area contributed by atoms with Gasteiger partial charge in [-0.2, -0.15) is 0 Å². The van der Waals surface area contributed by atoms with Crippen molar-refractivity contribution in [2.45, 2.75) is 12.8 Å². The Hall–Kier alpha value is -1.07. The van der Waals surface area contributed by atoms with Crippen LogP contribution in [0.15, 0.2) is 42.5 Å². The molecule has 0 spiro atoms. The number of alkyl halides is 1. The molecule has 0 saturated carbocycles. The number of para-hydroxylation sites is 1. The molecule has 0 fully saturated rings. The van der Waals surface area contributed by atoms with Crippen molar-refractivity contribution >= 4 is 45.2 Å². The summed E-state index contributed by atoms with van der Waals surface area (Å²) in [5.41, 5.74) is 4.41. The van der Waals surface area contributed by atoms with Crippen LogP contribution in [-0.4, -0.2) is 9.55 Å². The SMILES string of the molecule is Cc1cccc2c1nc(CCl)n2-c1ccc(I)cc1. The maximum Gasteiger partial charge on any atom is 0.129 e. The lowest BCUT2D eigenvalue weighted by molar-refractivity contribution is 0.981. The van der Waals surface area contributed by atoms with Gasteiger partial charge in [0, 0.05) is 9.26 Å². The summed E-state index contributed by atoms with van der Waals surface area (Å²) in [7, 11) is 0. The molecule has 96 valence electrons. The summed E-state index contributed by atoms with van der Waals surface area (Å²) in [5.74, 6) is 1.28. The second kappa shape index (κ2) is 5.13. The third-order valence-corrected chi connectivity index (χ3v) is 4.12. The molecule has 1 heterocycles. The minimum Gasteiger partial charge on any atom is -0.295 e. The third kappa shape index (κ3) is 2.25. The Morgan fingerprint density at radius 2 is 1.89 bits per heavy atom. The normalized spacial score (nSPS) is 11.1. The number of aryl methyl sites for hydroxylation is 1. The van der Waals surface area contributed by atoms with Crippen molar-refractivity contribution in [1.29, 1.82) is 0 Å². The minimum absolute atomic E-state index is 0.403.